The minimum Gasteiger partial charge on any atom is -0.364 e. The number of aromatic nitrogens is 1. The van der Waals surface area contributed by atoms with Gasteiger partial charge in [-0.3, -0.25) is 4.90 Å². The zero-order chi connectivity index (χ0) is 10.5. The van der Waals surface area contributed by atoms with Gasteiger partial charge in [0.15, 0.2) is 0 Å². The van der Waals surface area contributed by atoms with Crippen molar-refractivity contribution in [3.63, 3.8) is 0 Å². The van der Waals surface area contributed by atoms with Crippen LogP contribution in [0, 0.1) is 0 Å². The minimum absolute atomic E-state index is 0.960. The second-order valence-electron chi connectivity index (χ2n) is 3.85. The molecule has 2 rings (SSSR count). The molecular formula is C13H16N2. The van der Waals surface area contributed by atoms with Gasteiger partial charge in [0, 0.05) is 25.0 Å². The summed E-state index contributed by atoms with van der Waals surface area (Å²) in [5, 5.41) is 0. The van der Waals surface area contributed by atoms with E-state index in [9.17, 15) is 0 Å². The van der Waals surface area contributed by atoms with Gasteiger partial charge in [0.1, 0.15) is 0 Å². The lowest BCUT2D eigenvalue weighted by molar-refractivity contribution is 0.315. The maximum atomic E-state index is 3.21. The zero-order valence-corrected chi connectivity index (χ0v) is 8.98. The van der Waals surface area contributed by atoms with Crippen molar-refractivity contribution in [3.05, 3.63) is 59.9 Å². The van der Waals surface area contributed by atoms with Gasteiger partial charge in [-0.2, -0.15) is 0 Å². The molecule has 0 bridgehead atoms. The van der Waals surface area contributed by atoms with Gasteiger partial charge in [0.05, 0.1) is 0 Å². The van der Waals surface area contributed by atoms with E-state index in [-0.39, 0.29) is 0 Å². The van der Waals surface area contributed by atoms with E-state index in [1.165, 1.54) is 11.3 Å². The molecule has 0 saturated heterocycles. The molecule has 2 aromatic rings. The van der Waals surface area contributed by atoms with Crippen LogP contribution in [0.3, 0.4) is 0 Å². The number of hydrogen-bond donors (Lipinski definition) is 1. The standard InChI is InChI=1S/C13H16N2/c1-15(11-13-8-5-9-14-13)10-12-6-3-2-4-7-12/h2-9,14H,10-11H2,1H3. The van der Waals surface area contributed by atoms with Gasteiger partial charge in [0.2, 0.25) is 0 Å². The second kappa shape index (κ2) is 4.80. The molecule has 1 aromatic heterocycles. The molecule has 0 radical (unpaired) electrons. The number of benzene rings is 1. The Morgan fingerprint density at radius 2 is 1.80 bits per heavy atom. The summed E-state index contributed by atoms with van der Waals surface area (Å²) in [5.74, 6) is 0. The van der Waals surface area contributed by atoms with Crippen molar-refractivity contribution in [1.29, 1.82) is 0 Å². The van der Waals surface area contributed by atoms with Crippen molar-refractivity contribution in [3.8, 4) is 0 Å². The Labute approximate surface area is 90.6 Å². The predicted octanol–water partition coefficient (Wildman–Crippen LogP) is 2.65. The summed E-state index contributed by atoms with van der Waals surface area (Å²) in [4.78, 5) is 5.50. The molecule has 0 aliphatic heterocycles. The van der Waals surface area contributed by atoms with Crippen molar-refractivity contribution < 1.29 is 0 Å². The number of aromatic amines is 1. The van der Waals surface area contributed by atoms with Crippen molar-refractivity contribution in [2.45, 2.75) is 13.1 Å². The van der Waals surface area contributed by atoms with E-state index in [1.807, 2.05) is 12.3 Å². The summed E-state index contributed by atoms with van der Waals surface area (Å²) < 4.78 is 0. The van der Waals surface area contributed by atoms with Crippen LogP contribution in [0.15, 0.2) is 48.7 Å². The number of nitrogens with zero attached hydrogens (tertiary/aromatic N) is 1. The fraction of sp³-hybridized carbons (Fsp3) is 0.231. The van der Waals surface area contributed by atoms with E-state index < -0.39 is 0 Å². The fourth-order valence-electron chi connectivity index (χ4n) is 1.71. The van der Waals surface area contributed by atoms with Crippen LogP contribution in [0.1, 0.15) is 11.3 Å². The molecule has 2 nitrogen and oxygen atoms in total. The molecule has 2 heteroatoms. The topological polar surface area (TPSA) is 19.0 Å². The van der Waals surface area contributed by atoms with Crippen molar-refractivity contribution in [1.82, 2.24) is 9.88 Å². The lowest BCUT2D eigenvalue weighted by atomic mass is 10.2. The summed E-state index contributed by atoms with van der Waals surface area (Å²) in [6.07, 6.45) is 1.96. The van der Waals surface area contributed by atoms with Crippen LogP contribution in [0.2, 0.25) is 0 Å². The van der Waals surface area contributed by atoms with Gasteiger partial charge in [-0.15, -0.1) is 0 Å². The molecule has 0 spiro atoms. The van der Waals surface area contributed by atoms with Crippen LogP contribution in [0.4, 0.5) is 0 Å². The minimum atomic E-state index is 0.960. The molecule has 0 atom stereocenters. The van der Waals surface area contributed by atoms with E-state index in [1.54, 1.807) is 0 Å². The third-order valence-corrected chi connectivity index (χ3v) is 2.40. The summed E-state index contributed by atoms with van der Waals surface area (Å²) in [5.41, 5.74) is 2.61. The Bertz CT molecular complexity index is 378. The highest BCUT2D eigenvalue weighted by Gasteiger charge is 2.01. The maximum absolute atomic E-state index is 3.21. The first-order valence-electron chi connectivity index (χ1n) is 5.19. The van der Waals surface area contributed by atoms with Crippen LogP contribution >= 0.6 is 0 Å². The van der Waals surface area contributed by atoms with Crippen LogP contribution in [0.25, 0.3) is 0 Å². The second-order valence-corrected chi connectivity index (χ2v) is 3.85. The highest BCUT2D eigenvalue weighted by atomic mass is 15.1. The summed E-state index contributed by atoms with van der Waals surface area (Å²) in [6, 6.07) is 14.7. The summed E-state index contributed by atoms with van der Waals surface area (Å²) in [7, 11) is 2.13. The normalized spacial score (nSPS) is 10.8. The van der Waals surface area contributed by atoms with Crippen LogP contribution < -0.4 is 0 Å². The Morgan fingerprint density at radius 3 is 2.47 bits per heavy atom. The van der Waals surface area contributed by atoms with E-state index in [0.29, 0.717) is 0 Å². The van der Waals surface area contributed by atoms with Gasteiger partial charge >= 0.3 is 0 Å². The Morgan fingerprint density at radius 1 is 1.00 bits per heavy atom. The molecule has 1 N–H and O–H groups in total. The van der Waals surface area contributed by atoms with Crippen molar-refractivity contribution in [2.24, 2.45) is 0 Å². The smallest absolute Gasteiger partial charge is 0.0385 e. The molecule has 0 saturated carbocycles. The number of nitrogens with one attached hydrogen (secondary N) is 1. The molecule has 15 heavy (non-hydrogen) atoms. The molecule has 0 aliphatic carbocycles. The van der Waals surface area contributed by atoms with Crippen LogP contribution in [0.5, 0.6) is 0 Å². The number of rotatable bonds is 4. The fourth-order valence-corrected chi connectivity index (χ4v) is 1.71. The molecule has 0 fully saturated rings. The van der Waals surface area contributed by atoms with Gasteiger partial charge in [0.25, 0.3) is 0 Å². The Kier molecular flexibility index (Phi) is 3.20. The van der Waals surface area contributed by atoms with Crippen molar-refractivity contribution in [2.75, 3.05) is 7.05 Å². The van der Waals surface area contributed by atoms with Gasteiger partial charge in [-0.25, -0.2) is 0 Å². The maximum Gasteiger partial charge on any atom is 0.0385 e. The van der Waals surface area contributed by atoms with E-state index in [2.05, 4.69) is 53.3 Å². The highest BCUT2D eigenvalue weighted by molar-refractivity contribution is 5.14. The van der Waals surface area contributed by atoms with E-state index >= 15 is 0 Å². The first kappa shape index (κ1) is 9.99. The summed E-state index contributed by atoms with van der Waals surface area (Å²) >= 11 is 0. The molecular weight excluding hydrogens is 184 g/mol. The molecule has 1 heterocycles. The zero-order valence-electron chi connectivity index (χ0n) is 8.98. The SMILES string of the molecule is CN(Cc1ccccc1)Cc1ccc[nH]1. The average molecular weight is 200 g/mol. The molecule has 1 aromatic carbocycles. The molecule has 0 amide bonds. The quantitative estimate of drug-likeness (QED) is 0.804. The summed E-state index contributed by atoms with van der Waals surface area (Å²) in [6.45, 7) is 1.95. The Balaban J connectivity index is 1.90. The predicted molar refractivity (Wildman–Crippen MR) is 62.4 cm³/mol. The third kappa shape index (κ3) is 2.96. The number of H-pyrrole nitrogens is 1. The van der Waals surface area contributed by atoms with Gasteiger partial charge in [-0.05, 0) is 24.7 Å². The Hall–Kier alpha value is -1.54. The average Bonchev–Trinajstić information content (AvgIpc) is 2.71. The first-order chi connectivity index (χ1) is 7.34. The van der Waals surface area contributed by atoms with Crippen LogP contribution in [-0.4, -0.2) is 16.9 Å². The lowest BCUT2D eigenvalue weighted by Crippen LogP contribution is -2.17. The largest absolute Gasteiger partial charge is 0.364 e. The van der Waals surface area contributed by atoms with Gasteiger partial charge in [-0.1, -0.05) is 30.3 Å². The van der Waals surface area contributed by atoms with E-state index in [0.717, 1.165) is 13.1 Å². The third-order valence-electron chi connectivity index (χ3n) is 2.40. The van der Waals surface area contributed by atoms with Crippen LogP contribution in [-0.2, 0) is 13.1 Å². The monoisotopic (exact) mass is 200 g/mol. The first-order valence-corrected chi connectivity index (χ1v) is 5.19. The van der Waals surface area contributed by atoms with Gasteiger partial charge < -0.3 is 4.98 Å². The molecule has 0 aliphatic rings. The van der Waals surface area contributed by atoms with Crippen molar-refractivity contribution >= 4 is 0 Å². The number of hydrogen-bond acceptors (Lipinski definition) is 1. The highest BCUT2D eigenvalue weighted by Crippen LogP contribution is 2.06. The molecule has 78 valence electrons. The van der Waals surface area contributed by atoms with E-state index in [4.69, 9.17) is 0 Å². The molecule has 0 unspecified atom stereocenters. The lowest BCUT2D eigenvalue weighted by Gasteiger charge is -2.15.